The summed E-state index contributed by atoms with van der Waals surface area (Å²) in [5.74, 6) is -0.518. The molecule has 0 aliphatic carbocycles. The SMILES string of the molecule is CC(O)c1ccc(-c2cc(C(N)=O)c(N)s2)cc1. The van der Waals surface area contributed by atoms with Crippen LogP contribution in [0, 0.1) is 0 Å². The molecule has 2 rings (SSSR count). The number of primary amides is 1. The molecule has 0 bridgehead atoms. The molecular weight excluding hydrogens is 248 g/mol. The van der Waals surface area contributed by atoms with Gasteiger partial charge in [-0.3, -0.25) is 4.79 Å². The molecular formula is C13H14N2O2S. The molecule has 1 aromatic heterocycles. The van der Waals surface area contributed by atoms with Gasteiger partial charge in [-0.15, -0.1) is 11.3 Å². The first-order chi connectivity index (χ1) is 8.49. The Morgan fingerprint density at radius 3 is 2.39 bits per heavy atom. The van der Waals surface area contributed by atoms with E-state index in [1.165, 1.54) is 11.3 Å². The van der Waals surface area contributed by atoms with Gasteiger partial charge in [-0.1, -0.05) is 24.3 Å². The van der Waals surface area contributed by atoms with Crippen LogP contribution in [0.3, 0.4) is 0 Å². The average molecular weight is 262 g/mol. The molecule has 0 aliphatic heterocycles. The molecule has 1 unspecified atom stereocenters. The predicted molar refractivity (Wildman–Crippen MR) is 73.3 cm³/mol. The number of nitrogens with two attached hydrogens (primary N) is 2. The minimum atomic E-state index is -0.518. The number of nitrogen functional groups attached to an aromatic ring is 1. The van der Waals surface area contributed by atoms with Gasteiger partial charge in [0.05, 0.1) is 16.7 Å². The predicted octanol–water partition coefficient (Wildman–Crippen LogP) is 2.15. The Labute approximate surface area is 109 Å². The van der Waals surface area contributed by atoms with Gasteiger partial charge in [0.1, 0.15) is 0 Å². The molecule has 0 fully saturated rings. The van der Waals surface area contributed by atoms with Gasteiger partial charge in [0.2, 0.25) is 0 Å². The fourth-order valence-corrected chi connectivity index (χ4v) is 2.60. The maximum absolute atomic E-state index is 11.1. The lowest BCUT2D eigenvalue weighted by Gasteiger charge is -2.04. The highest BCUT2D eigenvalue weighted by Gasteiger charge is 2.12. The third kappa shape index (κ3) is 2.37. The van der Waals surface area contributed by atoms with Gasteiger partial charge in [-0.2, -0.15) is 0 Å². The number of aliphatic hydroxyl groups excluding tert-OH is 1. The number of carbonyl (C=O) groups is 1. The minimum absolute atomic E-state index is 0.356. The van der Waals surface area contributed by atoms with E-state index in [1.54, 1.807) is 13.0 Å². The summed E-state index contributed by atoms with van der Waals surface area (Å²) in [6.07, 6.45) is -0.492. The van der Waals surface area contributed by atoms with Crippen LogP contribution in [0.25, 0.3) is 10.4 Å². The van der Waals surface area contributed by atoms with Gasteiger partial charge in [-0.05, 0) is 24.1 Å². The number of rotatable bonds is 3. The van der Waals surface area contributed by atoms with Crippen LogP contribution < -0.4 is 11.5 Å². The standard InChI is InChI=1S/C13H14N2O2S/c1-7(16)8-2-4-9(5-3-8)11-6-10(12(14)17)13(15)18-11/h2-7,16H,15H2,1H3,(H2,14,17). The van der Waals surface area contributed by atoms with Crippen molar-refractivity contribution in [3.8, 4) is 10.4 Å². The van der Waals surface area contributed by atoms with E-state index in [0.717, 1.165) is 16.0 Å². The Morgan fingerprint density at radius 1 is 1.33 bits per heavy atom. The fourth-order valence-electron chi connectivity index (χ4n) is 1.67. The molecule has 1 amide bonds. The first-order valence-corrected chi connectivity index (χ1v) is 6.28. The van der Waals surface area contributed by atoms with E-state index < -0.39 is 12.0 Å². The van der Waals surface area contributed by atoms with Crippen LogP contribution in [0.5, 0.6) is 0 Å². The zero-order valence-corrected chi connectivity index (χ0v) is 10.7. The molecule has 4 nitrogen and oxygen atoms in total. The lowest BCUT2D eigenvalue weighted by Crippen LogP contribution is -2.11. The minimum Gasteiger partial charge on any atom is -0.390 e. The number of anilines is 1. The van der Waals surface area contributed by atoms with Crippen molar-refractivity contribution in [1.29, 1.82) is 0 Å². The summed E-state index contributed by atoms with van der Waals surface area (Å²) in [7, 11) is 0. The van der Waals surface area contributed by atoms with Crippen molar-refractivity contribution in [2.24, 2.45) is 5.73 Å². The second-order valence-corrected chi connectivity index (χ2v) is 5.13. The van der Waals surface area contributed by atoms with Gasteiger partial charge < -0.3 is 16.6 Å². The van der Waals surface area contributed by atoms with Gasteiger partial charge in [0, 0.05) is 4.88 Å². The second kappa shape index (κ2) is 4.80. The number of hydrogen-bond donors (Lipinski definition) is 3. The van der Waals surface area contributed by atoms with Gasteiger partial charge in [-0.25, -0.2) is 0 Å². The number of hydrogen-bond acceptors (Lipinski definition) is 4. The number of carbonyl (C=O) groups excluding carboxylic acids is 1. The van der Waals surface area contributed by atoms with Crippen LogP contribution >= 0.6 is 11.3 Å². The molecule has 1 heterocycles. The normalized spacial score (nSPS) is 12.3. The Bertz CT molecular complexity index is 573. The summed E-state index contributed by atoms with van der Waals surface area (Å²) in [6.45, 7) is 1.71. The average Bonchev–Trinajstić information content (AvgIpc) is 2.71. The van der Waals surface area contributed by atoms with Crippen LogP contribution in [-0.4, -0.2) is 11.0 Å². The summed E-state index contributed by atoms with van der Waals surface area (Å²) >= 11 is 1.32. The smallest absolute Gasteiger partial charge is 0.251 e. The third-order valence-electron chi connectivity index (χ3n) is 2.70. The van der Waals surface area contributed by atoms with E-state index >= 15 is 0 Å². The zero-order valence-electron chi connectivity index (χ0n) is 9.88. The first kappa shape index (κ1) is 12.6. The van der Waals surface area contributed by atoms with E-state index in [1.807, 2.05) is 24.3 Å². The van der Waals surface area contributed by atoms with Crippen LogP contribution in [-0.2, 0) is 0 Å². The molecule has 2 aromatic rings. The molecule has 0 saturated heterocycles. The second-order valence-electron chi connectivity index (χ2n) is 4.05. The molecule has 5 N–H and O–H groups in total. The molecule has 0 saturated carbocycles. The number of amides is 1. The van der Waals surface area contributed by atoms with E-state index in [0.29, 0.717) is 10.6 Å². The fraction of sp³-hybridized carbons (Fsp3) is 0.154. The van der Waals surface area contributed by atoms with E-state index in [2.05, 4.69) is 0 Å². The van der Waals surface area contributed by atoms with Crippen molar-refractivity contribution in [1.82, 2.24) is 0 Å². The van der Waals surface area contributed by atoms with Crippen molar-refractivity contribution in [2.45, 2.75) is 13.0 Å². The van der Waals surface area contributed by atoms with Crippen molar-refractivity contribution in [2.75, 3.05) is 5.73 Å². The van der Waals surface area contributed by atoms with Gasteiger partial charge >= 0.3 is 0 Å². The highest BCUT2D eigenvalue weighted by molar-refractivity contribution is 7.19. The molecule has 0 aliphatic rings. The number of aliphatic hydroxyl groups is 1. The molecule has 18 heavy (non-hydrogen) atoms. The molecule has 1 aromatic carbocycles. The summed E-state index contributed by atoms with van der Waals surface area (Å²) in [5, 5.41) is 9.86. The lowest BCUT2D eigenvalue weighted by molar-refractivity contribution is 0.100. The van der Waals surface area contributed by atoms with E-state index in [-0.39, 0.29) is 0 Å². The summed E-state index contributed by atoms with van der Waals surface area (Å²) in [6, 6.07) is 9.16. The van der Waals surface area contributed by atoms with E-state index in [9.17, 15) is 9.90 Å². The molecule has 5 heteroatoms. The summed E-state index contributed by atoms with van der Waals surface area (Å²) in [4.78, 5) is 12.0. The van der Waals surface area contributed by atoms with Crippen molar-refractivity contribution in [3.05, 3.63) is 41.5 Å². The Kier molecular flexibility index (Phi) is 3.36. The largest absolute Gasteiger partial charge is 0.390 e. The van der Waals surface area contributed by atoms with Crippen molar-refractivity contribution in [3.63, 3.8) is 0 Å². The Morgan fingerprint density at radius 2 is 1.94 bits per heavy atom. The summed E-state index contributed by atoms with van der Waals surface area (Å²) in [5.41, 5.74) is 13.1. The van der Waals surface area contributed by atoms with Crippen LogP contribution in [0.15, 0.2) is 30.3 Å². The van der Waals surface area contributed by atoms with Crippen LogP contribution in [0.1, 0.15) is 28.9 Å². The molecule has 1 atom stereocenters. The van der Waals surface area contributed by atoms with Crippen molar-refractivity contribution < 1.29 is 9.90 Å². The topological polar surface area (TPSA) is 89.3 Å². The van der Waals surface area contributed by atoms with Crippen molar-refractivity contribution >= 4 is 22.2 Å². The highest BCUT2D eigenvalue weighted by atomic mass is 32.1. The maximum atomic E-state index is 11.1. The number of thiophene rings is 1. The molecule has 0 radical (unpaired) electrons. The highest BCUT2D eigenvalue weighted by Crippen LogP contribution is 2.33. The third-order valence-corrected chi connectivity index (χ3v) is 3.72. The molecule has 94 valence electrons. The summed E-state index contributed by atoms with van der Waals surface area (Å²) < 4.78 is 0. The zero-order chi connectivity index (χ0) is 13.3. The monoisotopic (exact) mass is 262 g/mol. The Hall–Kier alpha value is -1.85. The quantitative estimate of drug-likeness (QED) is 0.791. The Balaban J connectivity index is 2.37. The van der Waals surface area contributed by atoms with Gasteiger partial charge in [0.15, 0.2) is 0 Å². The first-order valence-electron chi connectivity index (χ1n) is 5.46. The van der Waals surface area contributed by atoms with Crippen LogP contribution in [0.4, 0.5) is 5.00 Å². The number of benzene rings is 1. The lowest BCUT2D eigenvalue weighted by atomic mass is 10.1. The van der Waals surface area contributed by atoms with Crippen LogP contribution in [0.2, 0.25) is 0 Å². The van der Waals surface area contributed by atoms with E-state index in [4.69, 9.17) is 11.5 Å². The molecule has 0 spiro atoms. The van der Waals surface area contributed by atoms with Gasteiger partial charge in [0.25, 0.3) is 5.91 Å². The maximum Gasteiger partial charge on any atom is 0.251 e.